The zero-order valence-corrected chi connectivity index (χ0v) is 14.8. The summed E-state index contributed by atoms with van der Waals surface area (Å²) in [6, 6.07) is 9.91. The van der Waals surface area contributed by atoms with Crippen LogP contribution in [-0.2, 0) is 16.1 Å². The van der Waals surface area contributed by atoms with Crippen molar-refractivity contribution < 1.29 is 14.3 Å². The van der Waals surface area contributed by atoms with Crippen LogP contribution >= 0.6 is 0 Å². The van der Waals surface area contributed by atoms with E-state index in [1.807, 2.05) is 37.3 Å². The number of H-pyrrole nitrogens is 1. The first-order valence-corrected chi connectivity index (χ1v) is 9.04. The number of benzene rings is 1. The molecule has 2 aliphatic rings. The second-order valence-corrected chi connectivity index (χ2v) is 7.04. The van der Waals surface area contributed by atoms with Gasteiger partial charge in [0.05, 0.1) is 19.1 Å². The largest absolute Gasteiger partial charge is 0.368 e. The van der Waals surface area contributed by atoms with Gasteiger partial charge in [0.25, 0.3) is 5.91 Å². The molecule has 0 saturated carbocycles. The minimum atomic E-state index is -0.174. The SMILES string of the molecule is Cc1cc[nH]c1C(=O)N1CC[C@H](NC(=O)CC2OCc3ccccc32)C1. The molecule has 2 aromatic rings. The summed E-state index contributed by atoms with van der Waals surface area (Å²) in [5.41, 5.74) is 3.84. The molecule has 0 spiro atoms. The van der Waals surface area contributed by atoms with E-state index in [0.717, 1.165) is 23.1 Å². The van der Waals surface area contributed by atoms with Crippen LogP contribution in [0.25, 0.3) is 0 Å². The number of ether oxygens (including phenoxy) is 1. The topological polar surface area (TPSA) is 74.4 Å². The van der Waals surface area contributed by atoms with Crippen LogP contribution in [0.3, 0.4) is 0 Å². The third-order valence-corrected chi connectivity index (χ3v) is 5.22. The maximum Gasteiger partial charge on any atom is 0.270 e. The number of nitrogens with one attached hydrogen (secondary N) is 2. The van der Waals surface area contributed by atoms with Crippen LogP contribution in [0.4, 0.5) is 0 Å². The molecule has 1 unspecified atom stereocenters. The highest BCUT2D eigenvalue weighted by molar-refractivity contribution is 5.94. The van der Waals surface area contributed by atoms with Gasteiger partial charge in [-0.25, -0.2) is 0 Å². The molecule has 1 aromatic carbocycles. The highest BCUT2D eigenvalue weighted by Crippen LogP contribution is 2.32. The van der Waals surface area contributed by atoms with Crippen molar-refractivity contribution in [2.45, 2.75) is 38.5 Å². The zero-order valence-electron chi connectivity index (χ0n) is 14.8. The van der Waals surface area contributed by atoms with Crippen molar-refractivity contribution in [1.82, 2.24) is 15.2 Å². The first-order valence-electron chi connectivity index (χ1n) is 9.04. The standard InChI is InChI=1S/C20H23N3O3/c1-13-6-8-21-19(13)20(25)23-9-7-15(11-23)22-18(24)10-17-16-5-3-2-4-14(16)12-26-17/h2-6,8,15,17,21H,7,9-12H2,1H3,(H,22,24)/t15-,17?/m0/s1. The molecule has 4 rings (SSSR count). The summed E-state index contributed by atoms with van der Waals surface area (Å²) in [5, 5.41) is 3.06. The highest BCUT2D eigenvalue weighted by Gasteiger charge is 2.31. The summed E-state index contributed by atoms with van der Waals surface area (Å²) < 4.78 is 5.75. The summed E-state index contributed by atoms with van der Waals surface area (Å²) in [7, 11) is 0. The van der Waals surface area contributed by atoms with Gasteiger partial charge in [-0.3, -0.25) is 9.59 Å². The summed E-state index contributed by atoms with van der Waals surface area (Å²) in [6.07, 6.45) is 2.69. The average Bonchev–Trinajstić information content (AvgIpc) is 3.35. The van der Waals surface area contributed by atoms with E-state index in [-0.39, 0.29) is 24.0 Å². The van der Waals surface area contributed by atoms with Crippen LogP contribution in [0.1, 0.15) is 46.1 Å². The van der Waals surface area contributed by atoms with E-state index in [9.17, 15) is 9.59 Å². The lowest BCUT2D eigenvalue weighted by atomic mass is 10.0. The van der Waals surface area contributed by atoms with Gasteiger partial charge in [0, 0.05) is 25.3 Å². The van der Waals surface area contributed by atoms with Gasteiger partial charge in [0.1, 0.15) is 5.69 Å². The molecule has 6 nitrogen and oxygen atoms in total. The Kier molecular flexibility index (Phi) is 4.51. The number of hydrogen-bond donors (Lipinski definition) is 2. The number of amides is 2. The smallest absolute Gasteiger partial charge is 0.270 e. The minimum Gasteiger partial charge on any atom is -0.368 e. The van der Waals surface area contributed by atoms with Gasteiger partial charge in [0.2, 0.25) is 5.91 Å². The number of carbonyl (C=O) groups excluding carboxylic acids is 2. The first kappa shape index (κ1) is 16.8. The Hall–Kier alpha value is -2.60. The average molecular weight is 353 g/mol. The number of rotatable bonds is 4. The van der Waals surface area contributed by atoms with Crippen LogP contribution < -0.4 is 5.32 Å². The Morgan fingerprint density at radius 1 is 1.31 bits per heavy atom. The van der Waals surface area contributed by atoms with Crippen LogP contribution in [0.15, 0.2) is 36.5 Å². The lowest BCUT2D eigenvalue weighted by molar-refractivity contribution is -0.124. The molecule has 2 aliphatic heterocycles. The van der Waals surface area contributed by atoms with Gasteiger partial charge in [0.15, 0.2) is 0 Å². The van der Waals surface area contributed by atoms with Crippen molar-refractivity contribution in [2.75, 3.05) is 13.1 Å². The maximum atomic E-state index is 12.5. The molecule has 26 heavy (non-hydrogen) atoms. The van der Waals surface area contributed by atoms with Crippen LogP contribution in [-0.4, -0.2) is 40.8 Å². The van der Waals surface area contributed by atoms with Crippen LogP contribution in [0, 0.1) is 6.92 Å². The third kappa shape index (κ3) is 3.24. The molecule has 1 fully saturated rings. The number of aryl methyl sites for hydroxylation is 1. The fourth-order valence-electron chi connectivity index (χ4n) is 3.78. The van der Waals surface area contributed by atoms with Crippen LogP contribution in [0.2, 0.25) is 0 Å². The maximum absolute atomic E-state index is 12.5. The monoisotopic (exact) mass is 353 g/mol. The summed E-state index contributed by atoms with van der Waals surface area (Å²) in [6.45, 7) is 3.68. The van der Waals surface area contributed by atoms with E-state index in [1.54, 1.807) is 11.1 Å². The second kappa shape index (κ2) is 6.96. The van der Waals surface area contributed by atoms with Crippen molar-refractivity contribution >= 4 is 11.8 Å². The number of fused-ring (bicyclic) bond motifs is 1. The predicted molar refractivity (Wildman–Crippen MR) is 96.6 cm³/mol. The van der Waals surface area contributed by atoms with Gasteiger partial charge < -0.3 is 19.9 Å². The van der Waals surface area contributed by atoms with Crippen molar-refractivity contribution in [1.29, 1.82) is 0 Å². The number of aromatic amines is 1. The molecule has 0 radical (unpaired) electrons. The number of hydrogen-bond acceptors (Lipinski definition) is 3. The molecule has 0 bridgehead atoms. The van der Waals surface area contributed by atoms with Crippen molar-refractivity contribution in [3.63, 3.8) is 0 Å². The lowest BCUT2D eigenvalue weighted by Crippen LogP contribution is -2.39. The first-order chi connectivity index (χ1) is 12.6. The van der Waals surface area contributed by atoms with Crippen molar-refractivity contribution in [3.8, 4) is 0 Å². The Bertz CT molecular complexity index is 829. The van der Waals surface area contributed by atoms with Gasteiger partial charge >= 0.3 is 0 Å². The number of carbonyl (C=O) groups is 2. The van der Waals surface area contributed by atoms with E-state index in [0.29, 0.717) is 31.8 Å². The fraction of sp³-hybridized carbons (Fsp3) is 0.400. The highest BCUT2D eigenvalue weighted by atomic mass is 16.5. The van der Waals surface area contributed by atoms with Crippen LogP contribution in [0.5, 0.6) is 0 Å². The summed E-state index contributed by atoms with van der Waals surface area (Å²) in [5.74, 6) is -0.0284. The fourth-order valence-corrected chi connectivity index (χ4v) is 3.78. The van der Waals surface area contributed by atoms with E-state index < -0.39 is 0 Å². The van der Waals surface area contributed by atoms with E-state index in [4.69, 9.17) is 4.74 Å². The second-order valence-electron chi connectivity index (χ2n) is 7.04. The molecule has 6 heteroatoms. The van der Waals surface area contributed by atoms with Crippen molar-refractivity contribution in [3.05, 3.63) is 58.9 Å². The van der Waals surface area contributed by atoms with E-state index >= 15 is 0 Å². The molecular weight excluding hydrogens is 330 g/mol. The quantitative estimate of drug-likeness (QED) is 0.886. The lowest BCUT2D eigenvalue weighted by Gasteiger charge is -2.18. The molecule has 2 atom stereocenters. The minimum absolute atomic E-state index is 0.00151. The Balaban J connectivity index is 1.31. The third-order valence-electron chi connectivity index (χ3n) is 5.22. The molecule has 3 heterocycles. The number of likely N-dealkylation sites (tertiary alicyclic amines) is 1. The summed E-state index contributed by atoms with van der Waals surface area (Å²) >= 11 is 0. The van der Waals surface area contributed by atoms with Gasteiger partial charge in [-0.2, -0.15) is 0 Å². The molecule has 1 saturated heterocycles. The van der Waals surface area contributed by atoms with Crippen molar-refractivity contribution in [2.24, 2.45) is 0 Å². The molecule has 1 aromatic heterocycles. The Labute approximate surface area is 152 Å². The molecule has 136 valence electrons. The molecular formula is C20H23N3O3. The van der Waals surface area contributed by atoms with Gasteiger partial charge in [-0.05, 0) is 36.1 Å². The predicted octanol–water partition coefficient (Wildman–Crippen LogP) is 2.32. The Morgan fingerprint density at radius 2 is 2.15 bits per heavy atom. The molecule has 0 aliphatic carbocycles. The van der Waals surface area contributed by atoms with Gasteiger partial charge in [-0.15, -0.1) is 0 Å². The normalized spacial score (nSPS) is 21.7. The van der Waals surface area contributed by atoms with E-state index in [2.05, 4.69) is 10.3 Å². The van der Waals surface area contributed by atoms with E-state index in [1.165, 1.54) is 0 Å². The molecule has 2 N–H and O–H groups in total. The van der Waals surface area contributed by atoms with Gasteiger partial charge in [-0.1, -0.05) is 24.3 Å². The summed E-state index contributed by atoms with van der Waals surface area (Å²) in [4.78, 5) is 29.8. The zero-order chi connectivity index (χ0) is 18.1. The number of nitrogens with zero attached hydrogens (tertiary/aromatic N) is 1. The molecule has 2 amide bonds. The Morgan fingerprint density at radius 3 is 2.96 bits per heavy atom. The number of aromatic nitrogens is 1.